The summed E-state index contributed by atoms with van der Waals surface area (Å²) in [4.78, 5) is 60.9. The Bertz CT molecular complexity index is 1450. The number of carbonyl (C=O) groups is 4. The molecule has 14 nitrogen and oxygen atoms in total. The van der Waals surface area contributed by atoms with Crippen molar-refractivity contribution in [2.75, 3.05) is 62.3 Å². The van der Waals surface area contributed by atoms with Gasteiger partial charge >= 0.3 is 12.2 Å². The van der Waals surface area contributed by atoms with E-state index in [1.807, 2.05) is 0 Å². The molecule has 2 saturated heterocycles. The molecule has 2 fully saturated rings. The Morgan fingerprint density at radius 3 is 2.55 bits per heavy atom. The number of benzene rings is 1. The SMILES string of the molecule is CCOC(=O)OC[C@H]1CN(c2cc(F)c(N3CCN(C(=O)CNC(=O)c4cn5ccncc5n4)CC3)c(F)c2)C(=O)O1. The van der Waals surface area contributed by atoms with Crippen molar-refractivity contribution in [3.05, 3.63) is 54.2 Å². The summed E-state index contributed by atoms with van der Waals surface area (Å²) in [5, 5.41) is 2.54. The van der Waals surface area contributed by atoms with Gasteiger partial charge in [0.05, 0.1) is 31.6 Å². The molecule has 2 aliphatic rings. The molecule has 1 aromatic carbocycles. The molecule has 0 unspecified atom stereocenters. The molecular formula is C26H27F2N7O7. The first-order valence-corrected chi connectivity index (χ1v) is 13.1. The normalized spacial score (nSPS) is 16.9. The number of anilines is 2. The van der Waals surface area contributed by atoms with E-state index in [4.69, 9.17) is 9.47 Å². The van der Waals surface area contributed by atoms with Crippen LogP contribution >= 0.6 is 0 Å². The van der Waals surface area contributed by atoms with Crippen LogP contribution in [-0.2, 0) is 19.0 Å². The van der Waals surface area contributed by atoms with E-state index >= 15 is 8.78 Å². The van der Waals surface area contributed by atoms with Crippen molar-refractivity contribution in [3.63, 3.8) is 0 Å². The van der Waals surface area contributed by atoms with Gasteiger partial charge in [-0.3, -0.25) is 19.5 Å². The molecule has 0 radical (unpaired) electrons. The topological polar surface area (TPSA) is 148 Å². The molecule has 0 saturated carbocycles. The quantitative estimate of drug-likeness (QED) is 0.385. The molecule has 0 spiro atoms. The molecule has 5 rings (SSSR count). The zero-order valence-electron chi connectivity index (χ0n) is 22.5. The van der Waals surface area contributed by atoms with Crippen LogP contribution in [0.1, 0.15) is 17.4 Å². The van der Waals surface area contributed by atoms with Crippen molar-refractivity contribution in [1.82, 2.24) is 24.6 Å². The lowest BCUT2D eigenvalue weighted by Gasteiger charge is -2.36. The van der Waals surface area contributed by atoms with Gasteiger partial charge in [-0.25, -0.2) is 23.4 Å². The summed E-state index contributed by atoms with van der Waals surface area (Å²) in [5.74, 6) is -2.65. The number of aromatic nitrogens is 3. The molecule has 2 aliphatic heterocycles. The molecule has 42 heavy (non-hydrogen) atoms. The highest BCUT2D eigenvalue weighted by Crippen LogP contribution is 2.31. The van der Waals surface area contributed by atoms with E-state index in [2.05, 4.69) is 20.0 Å². The first kappa shape index (κ1) is 28.5. The third kappa shape index (κ3) is 6.16. The molecule has 1 atom stereocenters. The Morgan fingerprint density at radius 2 is 1.86 bits per heavy atom. The highest BCUT2D eigenvalue weighted by molar-refractivity contribution is 5.95. The maximum atomic E-state index is 15.1. The Hall–Kier alpha value is -5.02. The average molecular weight is 588 g/mol. The van der Waals surface area contributed by atoms with Crippen LogP contribution in [0.5, 0.6) is 0 Å². The van der Waals surface area contributed by atoms with Crippen molar-refractivity contribution in [3.8, 4) is 0 Å². The second-order valence-electron chi connectivity index (χ2n) is 9.39. The summed E-state index contributed by atoms with van der Waals surface area (Å²) in [6, 6.07) is 2.05. The summed E-state index contributed by atoms with van der Waals surface area (Å²) in [7, 11) is 0. The van der Waals surface area contributed by atoms with Crippen LogP contribution in [0.15, 0.2) is 36.9 Å². The van der Waals surface area contributed by atoms with Crippen molar-refractivity contribution in [1.29, 1.82) is 0 Å². The fourth-order valence-electron chi connectivity index (χ4n) is 4.64. The number of nitrogens with zero attached hydrogens (tertiary/aromatic N) is 6. The maximum Gasteiger partial charge on any atom is 0.508 e. The number of fused-ring (bicyclic) bond motifs is 1. The predicted molar refractivity (Wildman–Crippen MR) is 141 cm³/mol. The van der Waals surface area contributed by atoms with Gasteiger partial charge in [0.2, 0.25) is 5.91 Å². The number of piperazine rings is 1. The summed E-state index contributed by atoms with van der Waals surface area (Å²) < 4.78 is 46.5. The number of cyclic esters (lactones) is 1. The minimum Gasteiger partial charge on any atom is -0.440 e. The van der Waals surface area contributed by atoms with E-state index in [1.165, 1.54) is 22.2 Å². The fourth-order valence-corrected chi connectivity index (χ4v) is 4.64. The molecule has 3 amide bonds. The van der Waals surface area contributed by atoms with E-state index in [-0.39, 0.29) is 75.5 Å². The number of rotatable bonds is 8. The van der Waals surface area contributed by atoms with E-state index in [0.717, 1.165) is 17.0 Å². The van der Waals surface area contributed by atoms with Gasteiger partial charge in [-0.05, 0) is 6.92 Å². The molecule has 4 heterocycles. The first-order chi connectivity index (χ1) is 20.2. The van der Waals surface area contributed by atoms with E-state index in [9.17, 15) is 19.2 Å². The summed E-state index contributed by atoms with van der Waals surface area (Å²) in [5.41, 5.74) is 0.291. The van der Waals surface area contributed by atoms with E-state index in [0.29, 0.717) is 5.65 Å². The monoisotopic (exact) mass is 587 g/mol. The van der Waals surface area contributed by atoms with Gasteiger partial charge in [0.15, 0.2) is 23.4 Å². The minimum atomic E-state index is -0.916. The Labute approximate surface area is 237 Å². The highest BCUT2D eigenvalue weighted by atomic mass is 19.1. The van der Waals surface area contributed by atoms with Crippen LogP contribution in [0.3, 0.4) is 0 Å². The lowest BCUT2D eigenvalue weighted by atomic mass is 10.2. The zero-order chi connectivity index (χ0) is 29.8. The van der Waals surface area contributed by atoms with Crippen molar-refractivity contribution in [2.24, 2.45) is 0 Å². The molecule has 3 aromatic rings. The summed E-state index contributed by atoms with van der Waals surface area (Å²) in [6.45, 7) is 1.75. The maximum absolute atomic E-state index is 15.1. The first-order valence-electron chi connectivity index (χ1n) is 13.1. The smallest absolute Gasteiger partial charge is 0.440 e. The third-order valence-electron chi connectivity index (χ3n) is 6.68. The second kappa shape index (κ2) is 12.2. The Kier molecular flexibility index (Phi) is 8.31. The van der Waals surface area contributed by atoms with Gasteiger partial charge in [-0.1, -0.05) is 0 Å². The average Bonchev–Trinajstić information content (AvgIpc) is 3.58. The largest absolute Gasteiger partial charge is 0.508 e. The standard InChI is InChI=1S/C26H27F2N7O7/c1-2-40-26(39)41-15-17-13-35(25(38)42-17)16-9-18(27)23(19(28)10-16)33-7-5-32(6-8-33)22(36)12-30-24(37)20-14-34-4-3-29-11-21(34)31-20/h3-4,9-11,14,17H,2,5-8,12-13,15H2,1H3,(H,30,37)/t17-/m1/s1. The molecule has 2 aromatic heterocycles. The van der Waals surface area contributed by atoms with Crippen LogP contribution in [0.2, 0.25) is 0 Å². The molecule has 1 N–H and O–H groups in total. The molecule has 0 bridgehead atoms. The van der Waals surface area contributed by atoms with Crippen molar-refractivity contribution in [2.45, 2.75) is 13.0 Å². The summed E-state index contributed by atoms with van der Waals surface area (Å²) in [6.07, 6.45) is 3.64. The van der Waals surface area contributed by atoms with Crippen LogP contribution in [0.25, 0.3) is 5.65 Å². The van der Waals surface area contributed by atoms with Crippen LogP contribution in [0.4, 0.5) is 29.7 Å². The summed E-state index contributed by atoms with van der Waals surface area (Å²) >= 11 is 0. The minimum absolute atomic E-state index is 0.0520. The van der Waals surface area contributed by atoms with Crippen LogP contribution < -0.4 is 15.1 Å². The van der Waals surface area contributed by atoms with Crippen LogP contribution in [-0.4, -0.2) is 102 Å². The highest BCUT2D eigenvalue weighted by Gasteiger charge is 2.35. The molecule has 16 heteroatoms. The van der Waals surface area contributed by atoms with Gasteiger partial charge in [0.1, 0.15) is 18.0 Å². The van der Waals surface area contributed by atoms with E-state index < -0.39 is 35.9 Å². The number of hydrogen-bond acceptors (Lipinski definition) is 10. The number of nitrogens with one attached hydrogen (secondary N) is 1. The number of imidazole rings is 1. The number of halogens is 2. The second-order valence-corrected chi connectivity index (χ2v) is 9.39. The van der Waals surface area contributed by atoms with Gasteiger partial charge in [0.25, 0.3) is 5.91 Å². The van der Waals surface area contributed by atoms with Gasteiger partial charge < -0.3 is 33.7 Å². The van der Waals surface area contributed by atoms with Crippen molar-refractivity contribution >= 4 is 41.1 Å². The number of ether oxygens (including phenoxy) is 3. The Morgan fingerprint density at radius 1 is 1.12 bits per heavy atom. The van der Waals surface area contributed by atoms with Gasteiger partial charge in [0, 0.05) is 56.9 Å². The lowest BCUT2D eigenvalue weighted by molar-refractivity contribution is -0.130. The van der Waals surface area contributed by atoms with E-state index in [1.54, 1.807) is 23.7 Å². The van der Waals surface area contributed by atoms with Gasteiger partial charge in [-0.15, -0.1) is 0 Å². The lowest BCUT2D eigenvalue weighted by Crippen LogP contribution is -2.51. The van der Waals surface area contributed by atoms with Crippen molar-refractivity contribution < 1.29 is 42.2 Å². The third-order valence-corrected chi connectivity index (χ3v) is 6.68. The fraction of sp³-hybridized carbons (Fsp3) is 0.385. The number of hydrogen-bond donors (Lipinski definition) is 1. The number of amides is 3. The molecule has 0 aliphatic carbocycles. The Balaban J connectivity index is 1.13. The van der Waals surface area contributed by atoms with Gasteiger partial charge in [-0.2, -0.15) is 0 Å². The zero-order valence-corrected chi connectivity index (χ0v) is 22.5. The molecular weight excluding hydrogens is 560 g/mol. The van der Waals surface area contributed by atoms with Crippen LogP contribution in [0, 0.1) is 11.6 Å². The molecule has 222 valence electrons. The number of carbonyl (C=O) groups excluding carboxylic acids is 4. The predicted octanol–water partition coefficient (Wildman–Crippen LogP) is 1.58.